The van der Waals surface area contributed by atoms with E-state index in [0.717, 1.165) is 18.7 Å². The number of hydrogen-bond donors (Lipinski definition) is 1. The smallest absolute Gasteiger partial charge is 0.154 e. The van der Waals surface area contributed by atoms with Crippen LogP contribution in [0.4, 0.5) is 0 Å². The molecule has 2 unspecified atom stereocenters. The van der Waals surface area contributed by atoms with Crippen molar-refractivity contribution in [2.45, 2.75) is 69.2 Å². The number of rotatable bonds is 2. The van der Waals surface area contributed by atoms with Crippen LogP contribution in [0.3, 0.4) is 0 Å². The quantitative estimate of drug-likeness (QED) is 0.874. The minimum atomic E-state index is 0.366. The summed E-state index contributed by atoms with van der Waals surface area (Å²) in [4.78, 5) is 4.85. The maximum Gasteiger partial charge on any atom is 0.154 e. The first kappa shape index (κ1) is 12.2. The summed E-state index contributed by atoms with van der Waals surface area (Å²) < 4.78 is 2.01. The van der Waals surface area contributed by atoms with Crippen molar-refractivity contribution in [3.63, 3.8) is 0 Å². The molecule has 0 spiro atoms. The first-order valence-corrected chi connectivity index (χ1v) is 7.40. The van der Waals surface area contributed by atoms with Crippen LogP contribution in [0, 0.1) is 0 Å². The molecule has 1 aromatic rings. The van der Waals surface area contributed by atoms with E-state index in [1.807, 2.05) is 11.7 Å². The van der Waals surface area contributed by atoms with Crippen molar-refractivity contribution < 1.29 is 0 Å². The van der Waals surface area contributed by atoms with Gasteiger partial charge in [-0.2, -0.15) is 5.10 Å². The maximum atomic E-state index is 6.00. The van der Waals surface area contributed by atoms with E-state index in [1.54, 1.807) is 0 Å². The number of nitrogens with zero attached hydrogens (tertiary/aromatic N) is 3. The molecule has 0 amide bonds. The largest absolute Gasteiger partial charge is 0.328 e. The molecule has 0 bridgehead atoms. The SMILES string of the molecule is Cn1nc(C2CCCCC2)nc1C1CCC(N)C1. The molecule has 2 fully saturated rings. The van der Waals surface area contributed by atoms with Crippen LogP contribution in [0.1, 0.15) is 74.9 Å². The molecule has 1 heterocycles. The van der Waals surface area contributed by atoms with Gasteiger partial charge in [-0.3, -0.25) is 4.68 Å². The Bertz CT molecular complexity index is 406. The summed E-state index contributed by atoms with van der Waals surface area (Å²) in [6, 6.07) is 0.366. The Morgan fingerprint density at radius 1 is 1.06 bits per heavy atom. The molecule has 2 atom stereocenters. The van der Waals surface area contributed by atoms with Crippen LogP contribution in [-0.2, 0) is 7.05 Å². The molecule has 100 valence electrons. The van der Waals surface area contributed by atoms with Gasteiger partial charge >= 0.3 is 0 Å². The summed E-state index contributed by atoms with van der Waals surface area (Å²) in [6.45, 7) is 0. The van der Waals surface area contributed by atoms with Crippen LogP contribution >= 0.6 is 0 Å². The fraction of sp³-hybridized carbons (Fsp3) is 0.857. The average Bonchev–Trinajstić information content (AvgIpc) is 2.97. The van der Waals surface area contributed by atoms with E-state index in [1.165, 1.54) is 44.3 Å². The molecule has 2 saturated carbocycles. The van der Waals surface area contributed by atoms with Crippen LogP contribution in [0.2, 0.25) is 0 Å². The van der Waals surface area contributed by atoms with Crippen molar-refractivity contribution in [3.8, 4) is 0 Å². The first-order chi connectivity index (χ1) is 8.74. The zero-order valence-electron chi connectivity index (χ0n) is 11.3. The van der Waals surface area contributed by atoms with Crippen molar-refractivity contribution in [1.29, 1.82) is 0 Å². The zero-order valence-corrected chi connectivity index (χ0v) is 11.3. The predicted molar refractivity (Wildman–Crippen MR) is 71.4 cm³/mol. The van der Waals surface area contributed by atoms with Gasteiger partial charge in [0.2, 0.25) is 0 Å². The number of nitrogens with two attached hydrogens (primary N) is 1. The summed E-state index contributed by atoms with van der Waals surface area (Å²) in [5.41, 5.74) is 6.00. The molecule has 2 aliphatic rings. The lowest BCUT2D eigenvalue weighted by Gasteiger charge is -2.18. The van der Waals surface area contributed by atoms with E-state index in [-0.39, 0.29) is 0 Å². The van der Waals surface area contributed by atoms with Gasteiger partial charge in [-0.15, -0.1) is 0 Å². The number of hydrogen-bond acceptors (Lipinski definition) is 3. The summed E-state index contributed by atoms with van der Waals surface area (Å²) >= 11 is 0. The summed E-state index contributed by atoms with van der Waals surface area (Å²) in [7, 11) is 2.04. The third-order valence-corrected chi connectivity index (χ3v) is 4.62. The minimum absolute atomic E-state index is 0.366. The van der Waals surface area contributed by atoms with Gasteiger partial charge in [-0.25, -0.2) is 4.98 Å². The summed E-state index contributed by atoms with van der Waals surface area (Å²) in [5.74, 6) is 3.40. The third-order valence-electron chi connectivity index (χ3n) is 4.62. The molecule has 0 aromatic carbocycles. The van der Waals surface area contributed by atoms with Crippen LogP contribution in [0.15, 0.2) is 0 Å². The van der Waals surface area contributed by atoms with Gasteiger partial charge in [-0.1, -0.05) is 19.3 Å². The highest BCUT2D eigenvalue weighted by Gasteiger charge is 2.29. The first-order valence-electron chi connectivity index (χ1n) is 7.40. The monoisotopic (exact) mass is 248 g/mol. The van der Waals surface area contributed by atoms with Gasteiger partial charge in [0.25, 0.3) is 0 Å². The molecule has 3 rings (SSSR count). The van der Waals surface area contributed by atoms with Crippen molar-refractivity contribution >= 4 is 0 Å². The Balaban J connectivity index is 1.77. The van der Waals surface area contributed by atoms with E-state index < -0.39 is 0 Å². The normalized spacial score (nSPS) is 29.9. The molecule has 2 aliphatic carbocycles. The highest BCUT2D eigenvalue weighted by molar-refractivity contribution is 5.07. The zero-order chi connectivity index (χ0) is 12.5. The average molecular weight is 248 g/mol. The van der Waals surface area contributed by atoms with Crippen LogP contribution in [0.25, 0.3) is 0 Å². The molecule has 0 radical (unpaired) electrons. The van der Waals surface area contributed by atoms with Crippen molar-refractivity contribution in [2.24, 2.45) is 12.8 Å². The highest BCUT2D eigenvalue weighted by atomic mass is 15.3. The van der Waals surface area contributed by atoms with Gasteiger partial charge in [0.05, 0.1) is 0 Å². The third kappa shape index (κ3) is 2.30. The van der Waals surface area contributed by atoms with Crippen LogP contribution < -0.4 is 5.73 Å². The maximum absolute atomic E-state index is 6.00. The summed E-state index contributed by atoms with van der Waals surface area (Å²) in [6.07, 6.45) is 10.00. The second-order valence-electron chi connectivity index (χ2n) is 6.06. The lowest BCUT2D eigenvalue weighted by Crippen LogP contribution is -2.15. The molecule has 0 saturated heterocycles. The standard InChI is InChI=1S/C14H24N4/c1-18-14(11-7-8-12(15)9-11)16-13(17-18)10-5-3-2-4-6-10/h10-12H,2-9,15H2,1H3. The molecule has 0 aliphatic heterocycles. The number of aromatic nitrogens is 3. The van der Waals surface area contributed by atoms with Gasteiger partial charge in [0.15, 0.2) is 5.82 Å². The Labute approximate surface area is 109 Å². The van der Waals surface area contributed by atoms with Crippen molar-refractivity contribution in [3.05, 3.63) is 11.6 Å². The van der Waals surface area contributed by atoms with Gasteiger partial charge in [0.1, 0.15) is 5.82 Å². The molecular formula is C14H24N4. The van der Waals surface area contributed by atoms with E-state index in [2.05, 4.69) is 5.10 Å². The minimum Gasteiger partial charge on any atom is -0.328 e. The number of aryl methyl sites for hydroxylation is 1. The fourth-order valence-electron chi connectivity index (χ4n) is 3.56. The fourth-order valence-corrected chi connectivity index (χ4v) is 3.56. The Morgan fingerprint density at radius 2 is 1.83 bits per heavy atom. The van der Waals surface area contributed by atoms with Crippen LogP contribution in [-0.4, -0.2) is 20.8 Å². The highest BCUT2D eigenvalue weighted by Crippen LogP contribution is 2.35. The van der Waals surface area contributed by atoms with Crippen molar-refractivity contribution in [1.82, 2.24) is 14.8 Å². The second-order valence-corrected chi connectivity index (χ2v) is 6.06. The molecule has 4 heteroatoms. The molecular weight excluding hydrogens is 224 g/mol. The predicted octanol–water partition coefficient (Wildman–Crippen LogP) is 2.46. The van der Waals surface area contributed by atoms with Crippen molar-refractivity contribution in [2.75, 3.05) is 0 Å². The van der Waals surface area contributed by atoms with Gasteiger partial charge < -0.3 is 5.73 Å². The molecule has 1 aromatic heterocycles. The Hall–Kier alpha value is -0.900. The second kappa shape index (κ2) is 5.00. The Kier molecular flexibility index (Phi) is 3.37. The topological polar surface area (TPSA) is 56.7 Å². The molecule has 18 heavy (non-hydrogen) atoms. The lowest BCUT2D eigenvalue weighted by atomic mass is 9.89. The van der Waals surface area contributed by atoms with Gasteiger partial charge in [0, 0.05) is 24.9 Å². The van der Waals surface area contributed by atoms with Crippen LogP contribution in [0.5, 0.6) is 0 Å². The van der Waals surface area contributed by atoms with E-state index in [9.17, 15) is 0 Å². The van der Waals surface area contributed by atoms with E-state index in [0.29, 0.717) is 17.9 Å². The Morgan fingerprint density at radius 3 is 2.50 bits per heavy atom. The molecule has 4 nitrogen and oxygen atoms in total. The van der Waals surface area contributed by atoms with E-state index in [4.69, 9.17) is 10.7 Å². The lowest BCUT2D eigenvalue weighted by molar-refractivity contribution is 0.427. The van der Waals surface area contributed by atoms with E-state index >= 15 is 0 Å². The summed E-state index contributed by atoms with van der Waals surface area (Å²) in [5, 5.41) is 4.67. The molecule has 2 N–H and O–H groups in total. The van der Waals surface area contributed by atoms with Gasteiger partial charge in [-0.05, 0) is 32.1 Å².